The molecule has 5 nitrogen and oxygen atoms in total. The van der Waals surface area contributed by atoms with Gasteiger partial charge in [0.2, 0.25) is 0 Å². The first-order chi connectivity index (χ1) is 9.53. The Morgan fingerprint density at radius 2 is 1.85 bits per heavy atom. The average molecular weight is 291 g/mol. The molecule has 2 aromatic rings. The van der Waals surface area contributed by atoms with E-state index in [9.17, 15) is 13.2 Å². The molecule has 0 aliphatic rings. The lowest BCUT2D eigenvalue weighted by molar-refractivity contribution is 0.0600. The second-order valence-electron chi connectivity index (χ2n) is 4.10. The number of carbonyl (C=O) groups is 1. The predicted molar refractivity (Wildman–Crippen MR) is 72.9 cm³/mol. The molecule has 1 aromatic heterocycles. The van der Waals surface area contributed by atoms with E-state index in [1.54, 1.807) is 24.4 Å². The van der Waals surface area contributed by atoms with Crippen molar-refractivity contribution in [1.29, 1.82) is 0 Å². The van der Waals surface area contributed by atoms with Crippen LogP contribution in [-0.2, 0) is 20.3 Å². The number of hydrogen-bond acceptors (Lipinski definition) is 5. The van der Waals surface area contributed by atoms with Crippen LogP contribution >= 0.6 is 0 Å². The molecule has 0 amide bonds. The van der Waals surface area contributed by atoms with Crippen molar-refractivity contribution in [3.63, 3.8) is 0 Å². The van der Waals surface area contributed by atoms with Gasteiger partial charge in [0.15, 0.2) is 9.84 Å². The van der Waals surface area contributed by atoms with E-state index in [-0.39, 0.29) is 10.6 Å². The predicted octanol–water partition coefficient (Wildman–Crippen LogP) is 1.84. The van der Waals surface area contributed by atoms with Gasteiger partial charge in [0.1, 0.15) is 0 Å². The van der Waals surface area contributed by atoms with Gasteiger partial charge in [-0.15, -0.1) is 0 Å². The summed E-state index contributed by atoms with van der Waals surface area (Å²) in [6.07, 6.45) is 1.55. The molecule has 0 N–H and O–H groups in total. The maximum atomic E-state index is 12.2. The highest BCUT2D eigenvalue weighted by atomic mass is 32.2. The molecule has 0 radical (unpaired) electrons. The van der Waals surface area contributed by atoms with Gasteiger partial charge in [-0.1, -0.05) is 6.07 Å². The van der Waals surface area contributed by atoms with Crippen molar-refractivity contribution in [2.75, 3.05) is 7.11 Å². The minimum Gasteiger partial charge on any atom is -0.465 e. The Labute approximate surface area is 117 Å². The quantitative estimate of drug-likeness (QED) is 0.804. The molecule has 104 valence electrons. The topological polar surface area (TPSA) is 73.3 Å². The third-order valence-electron chi connectivity index (χ3n) is 2.70. The molecule has 0 saturated carbocycles. The third-order valence-corrected chi connectivity index (χ3v) is 4.36. The molecule has 0 aliphatic heterocycles. The van der Waals surface area contributed by atoms with Gasteiger partial charge < -0.3 is 4.74 Å². The van der Waals surface area contributed by atoms with Crippen LogP contribution in [0.25, 0.3) is 0 Å². The van der Waals surface area contributed by atoms with Gasteiger partial charge in [0.25, 0.3) is 0 Å². The molecule has 0 bridgehead atoms. The number of aromatic nitrogens is 1. The Hall–Kier alpha value is -2.21. The maximum Gasteiger partial charge on any atom is 0.337 e. The molecule has 0 spiro atoms. The summed E-state index contributed by atoms with van der Waals surface area (Å²) >= 11 is 0. The monoisotopic (exact) mass is 291 g/mol. The Balaban J connectivity index is 2.24. The number of sulfone groups is 1. The molecule has 0 atom stereocenters. The van der Waals surface area contributed by atoms with Crippen LogP contribution in [0.4, 0.5) is 0 Å². The van der Waals surface area contributed by atoms with Crippen LogP contribution < -0.4 is 0 Å². The molecule has 1 aromatic carbocycles. The molecule has 0 saturated heterocycles. The zero-order valence-electron chi connectivity index (χ0n) is 10.8. The Bertz CT molecular complexity index is 694. The van der Waals surface area contributed by atoms with Crippen molar-refractivity contribution in [3.05, 3.63) is 59.9 Å². The van der Waals surface area contributed by atoms with Gasteiger partial charge in [-0.2, -0.15) is 0 Å². The zero-order valence-corrected chi connectivity index (χ0v) is 11.6. The van der Waals surface area contributed by atoms with Crippen LogP contribution in [0.3, 0.4) is 0 Å². The summed E-state index contributed by atoms with van der Waals surface area (Å²) in [5.41, 5.74) is 0.786. The lowest BCUT2D eigenvalue weighted by Crippen LogP contribution is -2.07. The molecule has 0 aliphatic carbocycles. The van der Waals surface area contributed by atoms with E-state index in [4.69, 9.17) is 0 Å². The van der Waals surface area contributed by atoms with E-state index < -0.39 is 15.8 Å². The minimum absolute atomic E-state index is 0.149. The highest BCUT2D eigenvalue weighted by molar-refractivity contribution is 7.90. The lowest BCUT2D eigenvalue weighted by Gasteiger charge is -2.05. The fourth-order valence-electron chi connectivity index (χ4n) is 1.68. The highest BCUT2D eigenvalue weighted by Gasteiger charge is 2.16. The number of carbonyl (C=O) groups excluding carboxylic acids is 1. The summed E-state index contributed by atoms with van der Waals surface area (Å²) in [5.74, 6) is -0.676. The van der Waals surface area contributed by atoms with Crippen molar-refractivity contribution in [2.45, 2.75) is 10.6 Å². The van der Waals surface area contributed by atoms with E-state index in [0.29, 0.717) is 11.3 Å². The standard InChI is InChI=1S/C14H13NO4S/c1-19-14(16)11-5-7-13(8-6-11)20(17,18)10-12-4-2-3-9-15-12/h2-9H,10H2,1H3. The summed E-state index contributed by atoms with van der Waals surface area (Å²) in [6.45, 7) is 0. The fourth-order valence-corrected chi connectivity index (χ4v) is 2.96. The van der Waals surface area contributed by atoms with Crippen molar-refractivity contribution >= 4 is 15.8 Å². The SMILES string of the molecule is COC(=O)c1ccc(S(=O)(=O)Cc2ccccn2)cc1. The van der Waals surface area contributed by atoms with E-state index in [0.717, 1.165) is 0 Å². The molecule has 1 heterocycles. The largest absolute Gasteiger partial charge is 0.465 e. The lowest BCUT2D eigenvalue weighted by atomic mass is 10.2. The van der Waals surface area contributed by atoms with Crippen LogP contribution in [0, 0.1) is 0 Å². The van der Waals surface area contributed by atoms with Gasteiger partial charge >= 0.3 is 5.97 Å². The van der Waals surface area contributed by atoms with Gasteiger partial charge in [-0.3, -0.25) is 4.98 Å². The van der Waals surface area contributed by atoms with Crippen molar-refractivity contribution in [3.8, 4) is 0 Å². The number of ether oxygens (including phenoxy) is 1. The van der Waals surface area contributed by atoms with Crippen molar-refractivity contribution in [1.82, 2.24) is 4.98 Å². The van der Waals surface area contributed by atoms with Crippen LogP contribution in [0.1, 0.15) is 16.1 Å². The summed E-state index contributed by atoms with van der Waals surface area (Å²) in [5, 5.41) is 0. The summed E-state index contributed by atoms with van der Waals surface area (Å²) in [4.78, 5) is 15.4. The van der Waals surface area contributed by atoms with Gasteiger partial charge in [0.05, 0.1) is 29.0 Å². The first kappa shape index (κ1) is 14.2. The zero-order chi connectivity index (χ0) is 14.6. The number of rotatable bonds is 4. The van der Waals surface area contributed by atoms with Crippen molar-refractivity contribution < 1.29 is 17.9 Å². The molecule has 0 fully saturated rings. The second kappa shape index (κ2) is 5.83. The fraction of sp³-hybridized carbons (Fsp3) is 0.143. The smallest absolute Gasteiger partial charge is 0.337 e. The van der Waals surface area contributed by atoms with Crippen LogP contribution in [0.2, 0.25) is 0 Å². The normalized spacial score (nSPS) is 11.1. The van der Waals surface area contributed by atoms with Crippen molar-refractivity contribution in [2.24, 2.45) is 0 Å². The van der Waals surface area contributed by atoms with Gasteiger partial charge in [0, 0.05) is 6.20 Å². The maximum absolute atomic E-state index is 12.2. The summed E-state index contributed by atoms with van der Waals surface area (Å²) in [6, 6.07) is 10.8. The van der Waals surface area contributed by atoms with E-state index in [1.807, 2.05) is 0 Å². The van der Waals surface area contributed by atoms with E-state index in [2.05, 4.69) is 9.72 Å². The Kier molecular flexibility index (Phi) is 4.14. The van der Waals surface area contributed by atoms with Crippen LogP contribution in [-0.4, -0.2) is 26.5 Å². The number of nitrogens with zero attached hydrogens (tertiary/aromatic N) is 1. The second-order valence-corrected chi connectivity index (χ2v) is 6.09. The summed E-state index contributed by atoms with van der Waals surface area (Å²) in [7, 11) is -2.21. The average Bonchev–Trinajstić information content (AvgIpc) is 2.47. The number of methoxy groups -OCH3 is 1. The first-order valence-corrected chi connectivity index (χ1v) is 7.49. The van der Waals surface area contributed by atoms with E-state index in [1.165, 1.54) is 31.4 Å². The molecule has 20 heavy (non-hydrogen) atoms. The van der Waals surface area contributed by atoms with Gasteiger partial charge in [-0.25, -0.2) is 13.2 Å². The number of hydrogen-bond donors (Lipinski definition) is 0. The van der Waals surface area contributed by atoms with Crippen LogP contribution in [0.15, 0.2) is 53.6 Å². The number of benzene rings is 1. The molecular weight excluding hydrogens is 278 g/mol. The third kappa shape index (κ3) is 3.21. The Morgan fingerprint density at radius 3 is 2.40 bits per heavy atom. The first-order valence-electron chi connectivity index (χ1n) is 5.84. The number of pyridine rings is 1. The molecule has 0 unspecified atom stereocenters. The molecular formula is C14H13NO4S. The van der Waals surface area contributed by atoms with E-state index >= 15 is 0 Å². The molecule has 6 heteroatoms. The molecule has 2 rings (SSSR count). The van der Waals surface area contributed by atoms with Gasteiger partial charge in [-0.05, 0) is 36.4 Å². The number of esters is 1. The Morgan fingerprint density at radius 1 is 1.15 bits per heavy atom. The highest BCUT2D eigenvalue weighted by Crippen LogP contribution is 2.16. The summed E-state index contributed by atoms with van der Waals surface area (Å²) < 4.78 is 29.0. The van der Waals surface area contributed by atoms with Crippen LogP contribution in [0.5, 0.6) is 0 Å². The minimum atomic E-state index is -3.48.